The summed E-state index contributed by atoms with van der Waals surface area (Å²) in [5, 5.41) is 4.78. The van der Waals surface area contributed by atoms with E-state index >= 15 is 0 Å². The molecule has 15 heavy (non-hydrogen) atoms. The number of carbonyl (C=O) groups is 2. The Morgan fingerprint density at radius 2 is 1.80 bits per heavy atom. The van der Waals surface area contributed by atoms with Gasteiger partial charge in [-0.25, -0.2) is 0 Å². The third kappa shape index (κ3) is 2.71. The molecule has 5 nitrogen and oxygen atoms in total. The van der Waals surface area contributed by atoms with Gasteiger partial charge in [-0.3, -0.25) is 25.2 Å². The van der Waals surface area contributed by atoms with Crippen molar-refractivity contribution >= 4 is 29.5 Å². The first kappa shape index (κ1) is 10.5. The van der Waals surface area contributed by atoms with Crippen molar-refractivity contribution < 1.29 is 9.59 Å². The second-order valence-electron chi connectivity index (χ2n) is 3.65. The van der Waals surface area contributed by atoms with Crippen molar-refractivity contribution in [1.82, 2.24) is 10.6 Å². The lowest BCUT2D eigenvalue weighted by Gasteiger charge is -2.19. The van der Waals surface area contributed by atoms with Crippen LogP contribution in [-0.2, 0) is 9.59 Å². The maximum atomic E-state index is 10.8. The lowest BCUT2D eigenvalue weighted by atomic mass is 10.0. The number of amides is 2. The third-order valence-corrected chi connectivity index (χ3v) is 3.57. The topological polar surface area (TPSA) is 70.6 Å². The smallest absolute Gasteiger partial charge is 0.288 e. The first-order valence-corrected chi connectivity index (χ1v) is 6.15. The maximum absolute atomic E-state index is 10.8. The number of rotatable bonds is 2. The molecular formula is C9H13N3O2S. The Balaban J connectivity index is 1.83. The summed E-state index contributed by atoms with van der Waals surface area (Å²) in [5.41, 5.74) is 0. The van der Waals surface area contributed by atoms with E-state index in [0.29, 0.717) is 18.4 Å². The van der Waals surface area contributed by atoms with Crippen LogP contribution in [-0.4, -0.2) is 35.8 Å². The number of aliphatic imine (C=N–C) groups is 1. The molecule has 2 aliphatic heterocycles. The molecule has 2 amide bonds. The minimum atomic E-state index is -0.618. The molecule has 2 saturated heterocycles. The lowest BCUT2D eigenvalue weighted by Crippen LogP contribution is -2.27. The molecule has 0 unspecified atom stereocenters. The zero-order valence-electron chi connectivity index (χ0n) is 8.28. The summed E-state index contributed by atoms with van der Waals surface area (Å²) in [6.07, 6.45) is 2.34. The molecule has 2 aliphatic rings. The van der Waals surface area contributed by atoms with Gasteiger partial charge in [0.25, 0.3) is 0 Å². The van der Waals surface area contributed by atoms with E-state index < -0.39 is 11.8 Å². The zero-order chi connectivity index (χ0) is 10.7. The minimum Gasteiger partial charge on any atom is -0.288 e. The number of guanidine groups is 1. The van der Waals surface area contributed by atoms with E-state index in [2.05, 4.69) is 15.6 Å². The molecule has 0 atom stereocenters. The summed E-state index contributed by atoms with van der Waals surface area (Å²) >= 11 is 1.97. The molecule has 0 aromatic rings. The third-order valence-electron chi connectivity index (χ3n) is 2.52. The van der Waals surface area contributed by atoms with Gasteiger partial charge in [0.2, 0.25) is 5.96 Å². The molecule has 2 N–H and O–H groups in total. The van der Waals surface area contributed by atoms with E-state index in [1.807, 2.05) is 11.8 Å². The highest BCUT2D eigenvalue weighted by Gasteiger charge is 2.25. The molecule has 2 rings (SSSR count). The SMILES string of the molecule is O=C1NC(=NCC2CCSCC2)NC1=O. The normalized spacial score (nSPS) is 22.5. The van der Waals surface area contributed by atoms with Gasteiger partial charge in [0, 0.05) is 6.54 Å². The van der Waals surface area contributed by atoms with E-state index in [-0.39, 0.29) is 0 Å². The van der Waals surface area contributed by atoms with Crippen LogP contribution >= 0.6 is 11.8 Å². The van der Waals surface area contributed by atoms with Crippen molar-refractivity contribution in [2.45, 2.75) is 12.8 Å². The summed E-state index contributed by atoms with van der Waals surface area (Å²) in [4.78, 5) is 25.8. The second kappa shape index (κ2) is 4.65. The Labute approximate surface area is 92.1 Å². The largest absolute Gasteiger partial charge is 0.316 e. The molecule has 2 fully saturated rings. The predicted octanol–water partition coefficient (Wildman–Crippen LogP) is -0.268. The standard InChI is InChI=1S/C9H13N3O2S/c13-7-8(14)12-9(11-7)10-5-6-1-3-15-4-2-6/h6H,1-5H2,(H2,10,11,12,13,14). The summed E-state index contributed by atoms with van der Waals surface area (Å²) in [6.45, 7) is 0.691. The second-order valence-corrected chi connectivity index (χ2v) is 4.88. The molecule has 82 valence electrons. The van der Waals surface area contributed by atoms with Gasteiger partial charge < -0.3 is 0 Å². The van der Waals surface area contributed by atoms with Crippen LogP contribution in [0, 0.1) is 5.92 Å². The van der Waals surface area contributed by atoms with E-state index in [1.165, 1.54) is 24.3 Å². The van der Waals surface area contributed by atoms with Gasteiger partial charge in [-0.05, 0) is 30.3 Å². The fraction of sp³-hybridized carbons (Fsp3) is 0.667. The van der Waals surface area contributed by atoms with Crippen LogP contribution in [0.25, 0.3) is 0 Å². The van der Waals surface area contributed by atoms with Gasteiger partial charge in [0.05, 0.1) is 0 Å². The van der Waals surface area contributed by atoms with Crippen molar-refractivity contribution in [1.29, 1.82) is 0 Å². The highest BCUT2D eigenvalue weighted by Crippen LogP contribution is 2.22. The first-order chi connectivity index (χ1) is 7.25. The summed E-state index contributed by atoms with van der Waals surface area (Å²) in [7, 11) is 0. The number of hydrogen-bond acceptors (Lipinski definition) is 4. The Morgan fingerprint density at radius 3 is 2.40 bits per heavy atom. The van der Waals surface area contributed by atoms with Gasteiger partial charge in [-0.1, -0.05) is 0 Å². The van der Waals surface area contributed by atoms with Crippen LogP contribution in [0.1, 0.15) is 12.8 Å². The number of thioether (sulfide) groups is 1. The highest BCUT2D eigenvalue weighted by molar-refractivity contribution is 7.99. The Morgan fingerprint density at radius 1 is 1.20 bits per heavy atom. The van der Waals surface area contributed by atoms with Gasteiger partial charge in [0.1, 0.15) is 0 Å². The van der Waals surface area contributed by atoms with Crippen LogP contribution in [0.3, 0.4) is 0 Å². The number of carbonyl (C=O) groups excluding carboxylic acids is 2. The van der Waals surface area contributed by atoms with Crippen molar-refractivity contribution in [3.63, 3.8) is 0 Å². The van der Waals surface area contributed by atoms with Crippen LogP contribution in [0.2, 0.25) is 0 Å². The molecule has 0 spiro atoms. The van der Waals surface area contributed by atoms with Crippen molar-refractivity contribution in [3.05, 3.63) is 0 Å². The Kier molecular flexibility index (Phi) is 3.25. The molecule has 6 heteroatoms. The fourth-order valence-electron chi connectivity index (χ4n) is 1.59. The first-order valence-electron chi connectivity index (χ1n) is 5.00. The average Bonchev–Trinajstić information content (AvgIpc) is 2.57. The summed E-state index contributed by atoms with van der Waals surface area (Å²) in [6, 6.07) is 0. The molecule has 0 aromatic carbocycles. The van der Waals surface area contributed by atoms with E-state index in [4.69, 9.17) is 0 Å². The van der Waals surface area contributed by atoms with Crippen molar-refractivity contribution in [3.8, 4) is 0 Å². The number of nitrogens with one attached hydrogen (secondary N) is 2. The molecule has 0 saturated carbocycles. The fourth-order valence-corrected chi connectivity index (χ4v) is 2.79. The molecular weight excluding hydrogens is 214 g/mol. The lowest BCUT2D eigenvalue weighted by molar-refractivity contribution is -0.135. The van der Waals surface area contributed by atoms with Gasteiger partial charge in [0.15, 0.2) is 0 Å². The van der Waals surface area contributed by atoms with Gasteiger partial charge in [-0.2, -0.15) is 11.8 Å². The van der Waals surface area contributed by atoms with Crippen LogP contribution in [0.4, 0.5) is 0 Å². The maximum Gasteiger partial charge on any atom is 0.316 e. The van der Waals surface area contributed by atoms with Crippen molar-refractivity contribution in [2.24, 2.45) is 10.9 Å². The van der Waals surface area contributed by atoms with Crippen molar-refractivity contribution in [2.75, 3.05) is 18.1 Å². The van der Waals surface area contributed by atoms with E-state index in [0.717, 1.165) is 0 Å². The molecule has 0 radical (unpaired) electrons. The van der Waals surface area contributed by atoms with Crippen LogP contribution < -0.4 is 10.6 Å². The van der Waals surface area contributed by atoms with E-state index in [1.54, 1.807) is 0 Å². The Hall–Kier alpha value is -1.04. The predicted molar refractivity (Wildman–Crippen MR) is 58.6 cm³/mol. The molecule has 0 bridgehead atoms. The quantitative estimate of drug-likeness (QED) is 0.638. The summed E-state index contributed by atoms with van der Waals surface area (Å²) in [5.74, 6) is 2.04. The van der Waals surface area contributed by atoms with Gasteiger partial charge >= 0.3 is 11.8 Å². The van der Waals surface area contributed by atoms with E-state index in [9.17, 15) is 9.59 Å². The Bertz CT molecular complexity index is 292. The summed E-state index contributed by atoms with van der Waals surface area (Å²) < 4.78 is 0. The number of hydrogen-bond donors (Lipinski definition) is 2. The van der Waals surface area contributed by atoms with Crippen LogP contribution in [0.15, 0.2) is 4.99 Å². The molecule has 0 aromatic heterocycles. The molecule has 0 aliphatic carbocycles. The monoisotopic (exact) mass is 227 g/mol. The highest BCUT2D eigenvalue weighted by atomic mass is 32.2. The van der Waals surface area contributed by atoms with Gasteiger partial charge in [-0.15, -0.1) is 0 Å². The van der Waals surface area contributed by atoms with Crippen LogP contribution in [0.5, 0.6) is 0 Å². The molecule has 2 heterocycles. The number of nitrogens with zero attached hydrogens (tertiary/aromatic N) is 1. The zero-order valence-corrected chi connectivity index (χ0v) is 9.10. The minimum absolute atomic E-state index is 0.309. The average molecular weight is 227 g/mol.